The molecule has 1 amide bonds. The molecule has 0 saturated carbocycles. The minimum Gasteiger partial charge on any atom is -0.367 e. The number of aryl methyl sites for hydroxylation is 1. The molecule has 1 aromatic heterocycles. The van der Waals surface area contributed by atoms with Crippen molar-refractivity contribution < 1.29 is 4.79 Å². The maximum Gasteiger partial charge on any atom is 0.262 e. The lowest BCUT2D eigenvalue weighted by molar-refractivity contribution is -0.135. The lowest BCUT2D eigenvalue weighted by Crippen LogP contribution is -2.58. The molecule has 1 aliphatic rings. The van der Waals surface area contributed by atoms with Gasteiger partial charge in [-0.25, -0.2) is 0 Å². The van der Waals surface area contributed by atoms with Gasteiger partial charge >= 0.3 is 0 Å². The summed E-state index contributed by atoms with van der Waals surface area (Å²) in [7, 11) is 0. The van der Waals surface area contributed by atoms with Crippen LogP contribution in [0.3, 0.4) is 0 Å². The van der Waals surface area contributed by atoms with E-state index in [-0.39, 0.29) is 23.6 Å². The highest BCUT2D eigenvalue weighted by Gasteiger charge is 2.32. The Balaban J connectivity index is 1.47. The molecule has 6 nitrogen and oxygen atoms in total. The fourth-order valence-corrected chi connectivity index (χ4v) is 5.79. The zero-order valence-electron chi connectivity index (χ0n) is 22.3. The third-order valence-electron chi connectivity index (χ3n) is 7.56. The number of piperazine rings is 1. The minimum absolute atomic E-state index is 0.0669. The molecule has 6 heteroatoms. The summed E-state index contributed by atoms with van der Waals surface area (Å²) in [6.07, 6.45) is 2.43. The Morgan fingerprint density at radius 3 is 2.18 bits per heavy atom. The molecule has 0 spiro atoms. The molecule has 2 atom stereocenters. The second-order valence-electron chi connectivity index (χ2n) is 10.2. The van der Waals surface area contributed by atoms with Gasteiger partial charge in [0.25, 0.3) is 5.56 Å². The second kappa shape index (κ2) is 10.2. The number of hydrogen-bond acceptors (Lipinski definition) is 4. The minimum atomic E-state index is -0.0669. The number of benzene rings is 3. The number of carbonyl (C=O) groups is 1. The summed E-state index contributed by atoms with van der Waals surface area (Å²) in [6.45, 7) is 9.71. The van der Waals surface area contributed by atoms with Crippen LogP contribution >= 0.6 is 0 Å². The van der Waals surface area contributed by atoms with Crippen LogP contribution in [0.15, 0.2) is 77.7 Å². The van der Waals surface area contributed by atoms with E-state index in [1.165, 1.54) is 0 Å². The van der Waals surface area contributed by atoms with Gasteiger partial charge in [0.2, 0.25) is 5.91 Å². The van der Waals surface area contributed by atoms with Gasteiger partial charge in [0.1, 0.15) is 0 Å². The highest BCUT2D eigenvalue weighted by molar-refractivity contribution is 5.98. The molecule has 192 valence electrons. The SMILES string of the molecule is CCC(=O)N1C(C)CN(c2ccc(-n3cc(C)c4c(-c5ccc(C#N)cc5)cccc4c3=O)cc2)CC1C. The molecule has 0 bridgehead atoms. The maximum atomic E-state index is 13.6. The van der Waals surface area contributed by atoms with Crippen LogP contribution < -0.4 is 10.5 Å². The third kappa shape index (κ3) is 4.45. The van der Waals surface area contributed by atoms with Crippen LogP contribution in [-0.4, -0.2) is 40.5 Å². The van der Waals surface area contributed by atoms with E-state index in [2.05, 4.69) is 36.9 Å². The topological polar surface area (TPSA) is 69.3 Å². The monoisotopic (exact) mass is 504 g/mol. The third-order valence-corrected chi connectivity index (χ3v) is 7.56. The van der Waals surface area contributed by atoms with Gasteiger partial charge in [-0.3, -0.25) is 14.2 Å². The lowest BCUT2D eigenvalue weighted by atomic mass is 9.96. The van der Waals surface area contributed by atoms with E-state index >= 15 is 0 Å². The van der Waals surface area contributed by atoms with Crippen molar-refractivity contribution in [3.05, 3.63) is 94.4 Å². The lowest BCUT2D eigenvalue weighted by Gasteiger charge is -2.45. The van der Waals surface area contributed by atoms with Crippen molar-refractivity contribution in [1.29, 1.82) is 5.26 Å². The second-order valence-corrected chi connectivity index (χ2v) is 10.2. The number of rotatable bonds is 4. The van der Waals surface area contributed by atoms with E-state index < -0.39 is 0 Å². The molecular formula is C32H32N4O2. The van der Waals surface area contributed by atoms with E-state index in [0.717, 1.165) is 46.5 Å². The Morgan fingerprint density at radius 1 is 0.947 bits per heavy atom. The molecule has 4 aromatic rings. The molecule has 2 heterocycles. The number of anilines is 1. The van der Waals surface area contributed by atoms with Gasteiger partial charge < -0.3 is 9.80 Å². The molecule has 1 saturated heterocycles. The zero-order valence-corrected chi connectivity index (χ0v) is 22.3. The van der Waals surface area contributed by atoms with Crippen LogP contribution in [0.25, 0.3) is 27.6 Å². The zero-order chi connectivity index (χ0) is 27.0. The summed E-state index contributed by atoms with van der Waals surface area (Å²) in [6, 6.07) is 23.8. The molecule has 0 N–H and O–H groups in total. The Morgan fingerprint density at radius 2 is 1.58 bits per heavy atom. The smallest absolute Gasteiger partial charge is 0.262 e. The number of hydrogen-bond donors (Lipinski definition) is 0. The van der Waals surface area contributed by atoms with Gasteiger partial charge in [0.05, 0.1) is 11.6 Å². The van der Waals surface area contributed by atoms with Gasteiger partial charge in [-0.05, 0) is 85.3 Å². The maximum absolute atomic E-state index is 13.6. The van der Waals surface area contributed by atoms with E-state index in [0.29, 0.717) is 17.4 Å². The standard InChI is InChI=1S/C32H32N4O2/c1-5-30(37)36-22(3)19-34(20-23(36)4)26-13-15-27(16-14-26)35-18-21(2)31-28(7-6-8-29(31)32(35)38)25-11-9-24(17-33)10-12-25/h6-16,18,22-23H,5,19-20H2,1-4H3. The first-order valence-corrected chi connectivity index (χ1v) is 13.1. The number of pyridine rings is 1. The molecule has 38 heavy (non-hydrogen) atoms. The van der Waals surface area contributed by atoms with Crippen LogP contribution in [0.2, 0.25) is 0 Å². The van der Waals surface area contributed by atoms with Crippen LogP contribution in [-0.2, 0) is 4.79 Å². The van der Waals surface area contributed by atoms with Crippen LogP contribution in [0.5, 0.6) is 0 Å². The summed E-state index contributed by atoms with van der Waals surface area (Å²) < 4.78 is 1.72. The van der Waals surface area contributed by atoms with Gasteiger partial charge in [-0.1, -0.05) is 31.2 Å². The Hall–Kier alpha value is -4.37. The highest BCUT2D eigenvalue weighted by Crippen LogP contribution is 2.31. The summed E-state index contributed by atoms with van der Waals surface area (Å²) in [4.78, 5) is 30.3. The summed E-state index contributed by atoms with van der Waals surface area (Å²) in [5.41, 5.74) is 5.40. The van der Waals surface area contributed by atoms with Gasteiger partial charge in [-0.15, -0.1) is 0 Å². The normalized spacial score (nSPS) is 17.4. The van der Waals surface area contributed by atoms with Crippen molar-refractivity contribution in [2.45, 2.75) is 46.2 Å². The van der Waals surface area contributed by atoms with Crippen molar-refractivity contribution in [1.82, 2.24) is 9.47 Å². The Bertz CT molecular complexity index is 1580. The number of aromatic nitrogens is 1. The van der Waals surface area contributed by atoms with Crippen molar-refractivity contribution in [3.63, 3.8) is 0 Å². The van der Waals surface area contributed by atoms with Crippen molar-refractivity contribution >= 4 is 22.4 Å². The predicted molar refractivity (Wildman–Crippen MR) is 153 cm³/mol. The fourth-order valence-electron chi connectivity index (χ4n) is 5.79. The van der Waals surface area contributed by atoms with Crippen LogP contribution in [0, 0.1) is 18.3 Å². The molecule has 1 aliphatic heterocycles. The number of nitrogens with zero attached hydrogens (tertiary/aromatic N) is 4. The molecular weight excluding hydrogens is 472 g/mol. The van der Waals surface area contributed by atoms with E-state index in [1.807, 2.05) is 67.4 Å². The number of nitriles is 1. The van der Waals surface area contributed by atoms with E-state index in [9.17, 15) is 9.59 Å². The first-order chi connectivity index (χ1) is 18.3. The average Bonchev–Trinajstić information content (AvgIpc) is 2.94. The van der Waals surface area contributed by atoms with Crippen molar-refractivity contribution in [2.75, 3.05) is 18.0 Å². The van der Waals surface area contributed by atoms with Crippen LogP contribution in [0.1, 0.15) is 38.3 Å². The molecule has 3 aromatic carbocycles. The van der Waals surface area contributed by atoms with Gasteiger partial charge in [0, 0.05) is 54.6 Å². The number of fused-ring (bicyclic) bond motifs is 1. The van der Waals surface area contributed by atoms with Crippen molar-refractivity contribution in [2.24, 2.45) is 0 Å². The van der Waals surface area contributed by atoms with Gasteiger partial charge in [-0.2, -0.15) is 5.26 Å². The average molecular weight is 505 g/mol. The fraction of sp³-hybridized carbons (Fsp3) is 0.281. The summed E-state index contributed by atoms with van der Waals surface area (Å²) >= 11 is 0. The largest absolute Gasteiger partial charge is 0.367 e. The summed E-state index contributed by atoms with van der Waals surface area (Å²) in [5.74, 6) is 0.202. The predicted octanol–water partition coefficient (Wildman–Crippen LogP) is 5.67. The molecule has 1 fully saturated rings. The van der Waals surface area contributed by atoms with E-state index in [4.69, 9.17) is 5.26 Å². The molecule has 5 rings (SSSR count). The Kier molecular flexibility index (Phi) is 6.77. The number of amides is 1. The summed E-state index contributed by atoms with van der Waals surface area (Å²) in [5, 5.41) is 10.7. The van der Waals surface area contributed by atoms with E-state index in [1.54, 1.807) is 16.7 Å². The molecule has 0 radical (unpaired) electrons. The highest BCUT2D eigenvalue weighted by atomic mass is 16.2. The Labute approximate surface area is 223 Å². The molecule has 0 aliphatic carbocycles. The number of carbonyl (C=O) groups excluding carboxylic acids is 1. The first-order valence-electron chi connectivity index (χ1n) is 13.1. The van der Waals surface area contributed by atoms with Gasteiger partial charge in [0.15, 0.2) is 0 Å². The van der Waals surface area contributed by atoms with Crippen molar-refractivity contribution in [3.8, 4) is 22.9 Å². The van der Waals surface area contributed by atoms with Crippen LogP contribution in [0.4, 0.5) is 5.69 Å². The molecule has 2 unspecified atom stereocenters. The first kappa shape index (κ1) is 25.3. The quantitative estimate of drug-likeness (QED) is 0.359.